The van der Waals surface area contributed by atoms with E-state index in [2.05, 4.69) is 0 Å². The zero-order chi connectivity index (χ0) is 15.9. The topological polar surface area (TPSA) is 114 Å². The van der Waals surface area contributed by atoms with E-state index in [1.165, 1.54) is 42.5 Å². The van der Waals surface area contributed by atoms with Gasteiger partial charge in [-0.15, -0.1) is 0 Å². The molecule has 1 heterocycles. The minimum atomic E-state index is -0.801. The number of rotatable bonds is 2. The van der Waals surface area contributed by atoms with Gasteiger partial charge in [-0.3, -0.25) is 10.1 Å². The van der Waals surface area contributed by atoms with Gasteiger partial charge in [-0.1, -0.05) is 6.07 Å². The Hall–Kier alpha value is -3.35. The van der Waals surface area contributed by atoms with E-state index in [0.717, 1.165) is 0 Å². The lowest BCUT2D eigenvalue weighted by atomic mass is 10.0. The van der Waals surface area contributed by atoms with Crippen molar-refractivity contribution >= 4 is 16.7 Å². The Morgan fingerprint density at radius 1 is 1.05 bits per heavy atom. The summed E-state index contributed by atoms with van der Waals surface area (Å²) in [5.74, 6) is -0.667. The molecule has 3 rings (SSSR count). The van der Waals surface area contributed by atoms with Crippen LogP contribution in [-0.4, -0.2) is 15.1 Å². The molecule has 0 spiro atoms. The monoisotopic (exact) mass is 299 g/mol. The number of nitrogens with zero attached hydrogens (tertiary/aromatic N) is 1. The number of hydrogen-bond acceptors (Lipinski definition) is 6. The van der Waals surface area contributed by atoms with Crippen LogP contribution < -0.4 is 5.63 Å². The Labute approximate surface area is 122 Å². The molecule has 1 aromatic heterocycles. The van der Waals surface area contributed by atoms with Crippen LogP contribution in [-0.2, 0) is 0 Å². The largest absolute Gasteiger partial charge is 0.507 e. The Morgan fingerprint density at radius 3 is 2.36 bits per heavy atom. The van der Waals surface area contributed by atoms with Crippen molar-refractivity contribution in [1.82, 2.24) is 0 Å². The van der Waals surface area contributed by atoms with Gasteiger partial charge in [0.15, 0.2) is 0 Å². The molecule has 0 aliphatic heterocycles. The van der Waals surface area contributed by atoms with E-state index in [1.54, 1.807) is 0 Å². The van der Waals surface area contributed by atoms with Crippen molar-refractivity contribution in [3.05, 3.63) is 63.0 Å². The second kappa shape index (κ2) is 4.88. The smallest absolute Gasteiger partial charge is 0.347 e. The lowest BCUT2D eigenvalue weighted by Gasteiger charge is -2.07. The van der Waals surface area contributed by atoms with Gasteiger partial charge in [0.05, 0.1) is 4.92 Å². The van der Waals surface area contributed by atoms with Crippen molar-refractivity contribution in [1.29, 1.82) is 0 Å². The molecule has 0 fully saturated rings. The summed E-state index contributed by atoms with van der Waals surface area (Å²) < 4.78 is 5.08. The highest BCUT2D eigenvalue weighted by atomic mass is 16.6. The summed E-state index contributed by atoms with van der Waals surface area (Å²) >= 11 is 0. The standard InChI is InChI=1S/C15H9NO6/c17-10-2-1-3-11-13(10)14(18)12(15(19)22-11)8-4-6-9(7-5-8)16(20)21/h1-7,17-18H. The molecule has 0 aliphatic carbocycles. The van der Waals surface area contributed by atoms with Crippen molar-refractivity contribution in [3.8, 4) is 22.6 Å². The highest BCUT2D eigenvalue weighted by Gasteiger charge is 2.18. The zero-order valence-corrected chi connectivity index (χ0v) is 11.0. The van der Waals surface area contributed by atoms with Gasteiger partial charge in [0.25, 0.3) is 5.69 Å². The summed E-state index contributed by atoms with van der Waals surface area (Å²) in [6, 6.07) is 9.35. The van der Waals surface area contributed by atoms with Crippen LogP contribution in [0.25, 0.3) is 22.1 Å². The first-order valence-corrected chi connectivity index (χ1v) is 6.21. The molecule has 7 nitrogen and oxygen atoms in total. The van der Waals surface area contributed by atoms with Gasteiger partial charge in [-0.25, -0.2) is 4.79 Å². The van der Waals surface area contributed by atoms with E-state index in [9.17, 15) is 25.1 Å². The number of hydrogen-bond donors (Lipinski definition) is 2. The van der Waals surface area contributed by atoms with Gasteiger partial charge in [0, 0.05) is 12.1 Å². The highest BCUT2D eigenvalue weighted by molar-refractivity contribution is 5.94. The first-order valence-electron chi connectivity index (χ1n) is 6.21. The Morgan fingerprint density at radius 2 is 1.73 bits per heavy atom. The van der Waals surface area contributed by atoms with Gasteiger partial charge in [0.1, 0.15) is 28.0 Å². The van der Waals surface area contributed by atoms with Crippen LogP contribution in [0.4, 0.5) is 5.69 Å². The predicted octanol–water partition coefficient (Wildman–Crippen LogP) is 2.78. The molecule has 0 saturated heterocycles. The molecule has 2 N–H and O–H groups in total. The van der Waals surface area contributed by atoms with Crippen molar-refractivity contribution in [3.63, 3.8) is 0 Å². The number of benzene rings is 2. The third kappa shape index (κ3) is 2.05. The molecule has 0 bridgehead atoms. The minimum absolute atomic E-state index is 0.00968. The molecule has 7 heteroatoms. The second-order valence-corrected chi connectivity index (χ2v) is 4.57. The number of aromatic hydroxyl groups is 2. The fraction of sp³-hybridized carbons (Fsp3) is 0. The summed E-state index contributed by atoms with van der Waals surface area (Å²) in [5, 5.41) is 30.8. The Kier molecular flexibility index (Phi) is 3.03. The van der Waals surface area contributed by atoms with Crippen LogP contribution in [0.2, 0.25) is 0 Å². The second-order valence-electron chi connectivity index (χ2n) is 4.57. The van der Waals surface area contributed by atoms with Gasteiger partial charge >= 0.3 is 5.63 Å². The average molecular weight is 299 g/mol. The van der Waals surface area contributed by atoms with E-state index in [4.69, 9.17) is 4.42 Å². The molecular formula is C15H9NO6. The van der Waals surface area contributed by atoms with Gasteiger partial charge in [-0.2, -0.15) is 0 Å². The maximum absolute atomic E-state index is 12.0. The van der Waals surface area contributed by atoms with Crippen molar-refractivity contribution < 1.29 is 19.6 Å². The molecule has 0 amide bonds. The quantitative estimate of drug-likeness (QED) is 0.427. The lowest BCUT2D eigenvalue weighted by Crippen LogP contribution is -2.03. The molecule has 0 radical (unpaired) electrons. The molecular weight excluding hydrogens is 290 g/mol. The first kappa shape index (κ1) is 13.6. The molecule has 0 atom stereocenters. The SMILES string of the molecule is O=c1oc2cccc(O)c2c(O)c1-c1ccc([N+](=O)[O-])cc1. The maximum atomic E-state index is 12.0. The number of nitro groups is 1. The number of nitro benzene ring substituents is 1. The third-order valence-electron chi connectivity index (χ3n) is 3.25. The van der Waals surface area contributed by atoms with E-state index in [1.807, 2.05) is 0 Å². The number of non-ortho nitro benzene ring substituents is 1. The molecule has 0 unspecified atom stereocenters. The van der Waals surface area contributed by atoms with Crippen LogP contribution in [0, 0.1) is 10.1 Å². The third-order valence-corrected chi connectivity index (χ3v) is 3.25. The maximum Gasteiger partial charge on any atom is 0.347 e. The van der Waals surface area contributed by atoms with Crippen molar-refractivity contribution in [2.24, 2.45) is 0 Å². The van der Waals surface area contributed by atoms with Crippen LogP contribution in [0.5, 0.6) is 11.5 Å². The van der Waals surface area contributed by atoms with E-state index in [-0.39, 0.29) is 33.5 Å². The van der Waals surface area contributed by atoms with E-state index >= 15 is 0 Å². The molecule has 110 valence electrons. The van der Waals surface area contributed by atoms with Crippen LogP contribution in [0.3, 0.4) is 0 Å². The summed E-state index contributed by atoms with van der Waals surface area (Å²) in [6.07, 6.45) is 0. The summed E-state index contributed by atoms with van der Waals surface area (Å²) in [6.45, 7) is 0. The van der Waals surface area contributed by atoms with E-state index < -0.39 is 16.3 Å². The highest BCUT2D eigenvalue weighted by Crippen LogP contribution is 2.37. The summed E-state index contributed by atoms with van der Waals surface area (Å²) in [5.41, 5.74) is -0.806. The lowest BCUT2D eigenvalue weighted by molar-refractivity contribution is -0.384. The Balaban J connectivity index is 2.29. The summed E-state index contributed by atoms with van der Waals surface area (Å²) in [4.78, 5) is 22.1. The van der Waals surface area contributed by atoms with Gasteiger partial charge in [-0.05, 0) is 29.8 Å². The van der Waals surface area contributed by atoms with Gasteiger partial charge in [0.2, 0.25) is 0 Å². The zero-order valence-electron chi connectivity index (χ0n) is 11.0. The Bertz CT molecular complexity index is 943. The van der Waals surface area contributed by atoms with Crippen LogP contribution in [0.1, 0.15) is 0 Å². The predicted molar refractivity (Wildman–Crippen MR) is 77.9 cm³/mol. The molecule has 0 aliphatic rings. The first-order chi connectivity index (χ1) is 10.5. The minimum Gasteiger partial charge on any atom is -0.507 e. The van der Waals surface area contributed by atoms with Crippen molar-refractivity contribution in [2.45, 2.75) is 0 Å². The fourth-order valence-electron chi connectivity index (χ4n) is 2.22. The van der Waals surface area contributed by atoms with E-state index in [0.29, 0.717) is 0 Å². The fourth-order valence-corrected chi connectivity index (χ4v) is 2.22. The van der Waals surface area contributed by atoms with Crippen LogP contribution in [0.15, 0.2) is 51.7 Å². The molecule has 2 aromatic carbocycles. The average Bonchev–Trinajstić information content (AvgIpc) is 2.47. The van der Waals surface area contributed by atoms with Gasteiger partial charge < -0.3 is 14.6 Å². The normalized spacial score (nSPS) is 10.7. The molecule has 0 saturated carbocycles. The number of fused-ring (bicyclic) bond motifs is 1. The van der Waals surface area contributed by atoms with Crippen molar-refractivity contribution in [2.75, 3.05) is 0 Å². The molecule has 22 heavy (non-hydrogen) atoms. The van der Waals surface area contributed by atoms with Crippen LogP contribution >= 0.6 is 0 Å². The molecule has 3 aromatic rings. The number of phenols is 1. The summed E-state index contributed by atoms with van der Waals surface area (Å²) in [7, 11) is 0. The number of phenolic OH excluding ortho intramolecular Hbond substituents is 1.